The summed E-state index contributed by atoms with van der Waals surface area (Å²) in [5.41, 5.74) is -0.775. The monoisotopic (exact) mass is 504 g/mol. The van der Waals surface area contributed by atoms with Crippen LogP contribution in [0.15, 0.2) is 18.6 Å². The van der Waals surface area contributed by atoms with Crippen LogP contribution < -0.4 is 4.90 Å². The molecule has 2 aromatic heterocycles. The van der Waals surface area contributed by atoms with Crippen molar-refractivity contribution in [2.75, 3.05) is 25.0 Å². The maximum absolute atomic E-state index is 12.0. The fraction of sp³-hybridized carbons (Fsp3) is 0.500. The third-order valence-corrected chi connectivity index (χ3v) is 5.19. The number of aromatic amines is 1. The van der Waals surface area contributed by atoms with Crippen LogP contribution >= 0.6 is 0 Å². The number of carboxylic acids is 1. The van der Waals surface area contributed by atoms with Gasteiger partial charge in [0.1, 0.15) is 24.2 Å². The Hall–Kier alpha value is -4.43. The van der Waals surface area contributed by atoms with E-state index in [2.05, 4.69) is 26.8 Å². The van der Waals surface area contributed by atoms with Gasteiger partial charge in [-0.25, -0.2) is 14.8 Å². The average molecular weight is 505 g/mol. The second kappa shape index (κ2) is 15.5. The first-order valence-corrected chi connectivity index (χ1v) is 10.5. The van der Waals surface area contributed by atoms with Crippen molar-refractivity contribution in [3.05, 3.63) is 18.6 Å². The Morgan fingerprint density at radius 2 is 1.81 bits per heavy atom. The highest BCUT2D eigenvalue weighted by Crippen LogP contribution is 2.28. The first kappa shape index (κ1) is 31.6. The second-order valence-electron chi connectivity index (χ2n) is 8.09. The van der Waals surface area contributed by atoms with Gasteiger partial charge in [-0.1, -0.05) is 6.92 Å². The van der Waals surface area contributed by atoms with Gasteiger partial charge in [0.15, 0.2) is 5.60 Å². The molecule has 3 heterocycles. The van der Waals surface area contributed by atoms with Gasteiger partial charge in [0.25, 0.3) is 0 Å². The molecule has 0 bridgehead atoms. The Morgan fingerprint density at radius 3 is 2.31 bits per heavy atom. The Balaban J connectivity index is 0.000000788. The molecule has 2 atom stereocenters. The number of nitriles is 1. The van der Waals surface area contributed by atoms with E-state index < -0.39 is 11.6 Å². The molecule has 1 aliphatic heterocycles. The molecule has 0 unspecified atom stereocenters. The molecule has 3 N–H and O–H groups in total. The van der Waals surface area contributed by atoms with Crippen LogP contribution in [0.3, 0.4) is 0 Å². The van der Waals surface area contributed by atoms with Gasteiger partial charge in [0.05, 0.1) is 17.5 Å². The number of amides is 1. The van der Waals surface area contributed by atoms with E-state index in [-0.39, 0.29) is 30.7 Å². The number of nitrogens with zero attached hydrogens (tertiary/aromatic N) is 5. The number of aliphatic carboxylic acids is 1. The van der Waals surface area contributed by atoms with E-state index in [1.165, 1.54) is 13.8 Å². The van der Waals surface area contributed by atoms with Crippen molar-refractivity contribution >= 4 is 41.0 Å². The van der Waals surface area contributed by atoms with E-state index >= 15 is 0 Å². The first-order valence-electron chi connectivity index (χ1n) is 10.5. The number of nitrogens with one attached hydrogen (secondary N) is 1. The Labute approximate surface area is 206 Å². The molecule has 36 heavy (non-hydrogen) atoms. The van der Waals surface area contributed by atoms with Gasteiger partial charge in [-0.05, 0) is 32.3 Å². The summed E-state index contributed by atoms with van der Waals surface area (Å²) >= 11 is 0. The number of H-pyrrole nitrogens is 1. The van der Waals surface area contributed by atoms with Crippen LogP contribution in [0.4, 0.5) is 5.82 Å². The highest BCUT2D eigenvalue weighted by atomic mass is 16.4. The molecule has 1 fully saturated rings. The third-order valence-electron chi connectivity index (χ3n) is 5.19. The number of likely N-dealkylation sites (tertiary alicyclic amines) is 1. The summed E-state index contributed by atoms with van der Waals surface area (Å²) in [5, 5.41) is 26.2. The van der Waals surface area contributed by atoms with E-state index in [0.717, 1.165) is 29.8 Å². The van der Waals surface area contributed by atoms with Crippen LogP contribution in [0.1, 0.15) is 33.6 Å². The van der Waals surface area contributed by atoms with Crippen molar-refractivity contribution in [1.29, 1.82) is 5.26 Å². The van der Waals surface area contributed by atoms with Gasteiger partial charge >= 0.3 is 18.3 Å². The second-order valence-corrected chi connectivity index (χ2v) is 8.09. The lowest BCUT2D eigenvalue weighted by molar-refractivity contribution is -0.193. The van der Waals surface area contributed by atoms with Gasteiger partial charge in [-0.3, -0.25) is 4.79 Å². The summed E-state index contributed by atoms with van der Waals surface area (Å²) in [6.45, 7) is 5.97. The van der Waals surface area contributed by atoms with Gasteiger partial charge < -0.3 is 25.0 Å². The van der Waals surface area contributed by atoms with Crippen molar-refractivity contribution in [2.45, 2.75) is 45.3 Å². The van der Waals surface area contributed by atoms with Crippen LogP contribution in [0.25, 0.3) is 11.0 Å². The van der Waals surface area contributed by atoms with E-state index in [1.54, 1.807) is 11.2 Å². The summed E-state index contributed by atoms with van der Waals surface area (Å²) in [6, 6.07) is 4.07. The Bertz CT molecular complexity index is 1100. The number of hydrogen-bond acceptors (Lipinski definition) is 11. The highest BCUT2D eigenvalue weighted by molar-refractivity contribution is 5.87. The van der Waals surface area contributed by atoms with Gasteiger partial charge in [-0.15, -0.1) is 0 Å². The first-order chi connectivity index (χ1) is 16.9. The summed E-state index contributed by atoms with van der Waals surface area (Å²) in [5.74, 6) is 0.0116. The molecule has 0 spiro atoms. The van der Waals surface area contributed by atoms with Crippen LogP contribution in [0.5, 0.6) is 0 Å². The third kappa shape index (κ3) is 9.82. The molecular formula is C22H28N6O8. The Kier molecular flexibility index (Phi) is 13.6. The van der Waals surface area contributed by atoms with Gasteiger partial charge in [-0.2, -0.15) is 24.4 Å². The molecule has 194 valence electrons. The standard InChI is InChI=1S/C16H20N6O.C4H8O3.2CO2/c1-11-5-8-22(14(23)3-6-17)9-13(11)21(2)16-12-4-7-18-15(12)19-10-20-16;1-4(2,7)3(5)6;2*2-1-3/h4,7,10-11,13H,3,5,8-9H2,1-2H3,(H,18,19,20);7H,1-2H3,(H,5,6);;/t11-,13+;;;/m1.../s1. The maximum atomic E-state index is 12.0. The molecule has 14 nitrogen and oxygen atoms in total. The van der Waals surface area contributed by atoms with E-state index in [1.807, 2.05) is 25.4 Å². The largest absolute Gasteiger partial charge is 0.479 e. The normalized spacial score (nSPS) is 16.2. The van der Waals surface area contributed by atoms with Crippen LogP contribution in [-0.4, -0.2) is 86.0 Å². The molecule has 2 aromatic rings. The Morgan fingerprint density at radius 1 is 1.25 bits per heavy atom. The summed E-state index contributed by atoms with van der Waals surface area (Å²) in [6.07, 6.45) is 4.77. The lowest BCUT2D eigenvalue weighted by Gasteiger charge is -2.42. The fourth-order valence-electron chi connectivity index (χ4n) is 3.26. The fourth-order valence-corrected chi connectivity index (χ4v) is 3.26. The molecule has 1 aliphatic rings. The van der Waals surface area contributed by atoms with E-state index in [9.17, 15) is 9.59 Å². The molecule has 1 amide bonds. The SMILES string of the molecule is CC(C)(O)C(=O)O.C[C@@H]1CCN(C(=O)CC#N)C[C@@H]1N(C)c1ncnc2[nH]ccc12.O=C=O.O=C=O. The number of carbonyl (C=O) groups is 2. The molecule has 0 aliphatic carbocycles. The lowest BCUT2D eigenvalue weighted by Crippen LogP contribution is -2.52. The van der Waals surface area contributed by atoms with Crippen LogP contribution in [0.2, 0.25) is 0 Å². The average Bonchev–Trinajstić information content (AvgIpc) is 3.29. The van der Waals surface area contributed by atoms with Gasteiger partial charge in [0.2, 0.25) is 5.91 Å². The van der Waals surface area contributed by atoms with Crippen LogP contribution in [-0.2, 0) is 28.8 Å². The van der Waals surface area contributed by atoms with Crippen molar-refractivity contribution in [2.24, 2.45) is 5.92 Å². The minimum absolute atomic E-state index is 0.0552. The minimum atomic E-state index is -1.58. The number of piperidine rings is 1. The number of aromatic nitrogens is 3. The lowest BCUT2D eigenvalue weighted by atomic mass is 9.92. The maximum Gasteiger partial charge on any atom is 0.373 e. The number of carboxylic acid groups (broad SMARTS) is 1. The molecule has 0 saturated carbocycles. The number of hydrogen-bond donors (Lipinski definition) is 3. The van der Waals surface area contributed by atoms with Crippen molar-refractivity contribution < 1.29 is 39.0 Å². The van der Waals surface area contributed by atoms with Crippen molar-refractivity contribution in [1.82, 2.24) is 19.9 Å². The zero-order valence-electron chi connectivity index (χ0n) is 20.3. The minimum Gasteiger partial charge on any atom is -0.479 e. The highest BCUT2D eigenvalue weighted by Gasteiger charge is 2.32. The zero-order valence-corrected chi connectivity index (χ0v) is 20.3. The topological polar surface area (TPSA) is 215 Å². The molecule has 0 radical (unpaired) electrons. The number of aliphatic hydroxyl groups is 1. The zero-order chi connectivity index (χ0) is 27.9. The van der Waals surface area contributed by atoms with Crippen molar-refractivity contribution in [3.63, 3.8) is 0 Å². The van der Waals surface area contributed by atoms with Crippen molar-refractivity contribution in [3.8, 4) is 6.07 Å². The number of likely N-dealkylation sites (N-methyl/N-ethyl adjacent to an activating group) is 1. The number of rotatable bonds is 4. The molecule has 3 rings (SSSR count). The smallest absolute Gasteiger partial charge is 0.373 e. The van der Waals surface area contributed by atoms with Gasteiger partial charge in [0, 0.05) is 26.3 Å². The molecule has 1 saturated heterocycles. The summed E-state index contributed by atoms with van der Waals surface area (Å²) in [4.78, 5) is 70.0. The summed E-state index contributed by atoms with van der Waals surface area (Å²) in [7, 11) is 2.01. The predicted octanol–water partition coefficient (Wildman–Crippen LogP) is 0.220. The molecular weight excluding hydrogens is 476 g/mol. The number of anilines is 1. The van der Waals surface area contributed by atoms with E-state index in [0.29, 0.717) is 12.5 Å². The number of carbonyl (C=O) groups excluding carboxylic acids is 5. The molecule has 0 aromatic carbocycles. The van der Waals surface area contributed by atoms with E-state index in [4.69, 9.17) is 34.7 Å². The molecule has 14 heteroatoms. The summed E-state index contributed by atoms with van der Waals surface area (Å²) < 4.78 is 0. The quantitative estimate of drug-likeness (QED) is 0.510. The number of fused-ring (bicyclic) bond motifs is 1. The predicted molar refractivity (Wildman–Crippen MR) is 121 cm³/mol. The van der Waals surface area contributed by atoms with Crippen LogP contribution in [0, 0.1) is 17.2 Å².